The highest BCUT2D eigenvalue weighted by Crippen LogP contribution is 2.37. The summed E-state index contributed by atoms with van der Waals surface area (Å²) in [6.07, 6.45) is 0. The highest BCUT2D eigenvalue weighted by Gasteiger charge is 2.45. The topological polar surface area (TPSA) is 57.1 Å². The molecule has 0 saturated carbocycles. The van der Waals surface area contributed by atoms with Gasteiger partial charge in [0.05, 0.1) is 11.4 Å². The van der Waals surface area contributed by atoms with Gasteiger partial charge in [0.2, 0.25) is 0 Å². The second-order valence-corrected chi connectivity index (χ2v) is 8.02. The molecule has 138 valence electrons. The van der Waals surface area contributed by atoms with Gasteiger partial charge in [0.1, 0.15) is 17.4 Å². The predicted octanol–water partition coefficient (Wildman–Crippen LogP) is 3.86. The maximum Gasteiger partial charge on any atom is 0.265 e. The van der Waals surface area contributed by atoms with Crippen LogP contribution in [0.5, 0.6) is 0 Å². The number of amides is 1. The van der Waals surface area contributed by atoms with Gasteiger partial charge in [0.25, 0.3) is 5.91 Å². The number of nitrogens with one attached hydrogen (secondary N) is 1. The fourth-order valence-electron chi connectivity index (χ4n) is 3.47. The van der Waals surface area contributed by atoms with Crippen LogP contribution in [-0.2, 0) is 4.79 Å². The van der Waals surface area contributed by atoms with Gasteiger partial charge in [0, 0.05) is 15.6 Å². The molecule has 2 aromatic carbocycles. The molecule has 2 aliphatic rings. The molecule has 0 spiro atoms. The molecule has 2 aliphatic heterocycles. The number of hydrazone groups is 1. The number of anilines is 1. The SMILES string of the molecule is CC1N=C(c2ccccc2F)c2cc(Br)ccc2N2C1=NNC(=O)C2(C)C. The van der Waals surface area contributed by atoms with Gasteiger partial charge < -0.3 is 4.90 Å². The molecular formula is C20H18BrFN4O. The minimum atomic E-state index is -0.867. The molecule has 1 atom stereocenters. The van der Waals surface area contributed by atoms with Gasteiger partial charge in [-0.05, 0) is 51.1 Å². The van der Waals surface area contributed by atoms with Crippen LogP contribution in [0.4, 0.5) is 10.1 Å². The lowest BCUT2D eigenvalue weighted by Crippen LogP contribution is -2.62. The standard InChI is InChI=1S/C20H18BrFN4O/c1-11-18-24-25-19(27)20(2,3)26(18)16-9-8-12(21)10-14(16)17(23-11)13-6-4-5-7-15(13)22/h4-11H,1-3H3,(H,25,27). The molecule has 7 heteroatoms. The van der Waals surface area contributed by atoms with E-state index in [2.05, 4.69) is 26.5 Å². The molecule has 0 aliphatic carbocycles. The first-order valence-corrected chi connectivity index (χ1v) is 9.41. The van der Waals surface area contributed by atoms with Crippen molar-refractivity contribution in [2.24, 2.45) is 10.1 Å². The summed E-state index contributed by atoms with van der Waals surface area (Å²) in [5.74, 6) is 0.0702. The van der Waals surface area contributed by atoms with Crippen molar-refractivity contribution in [2.75, 3.05) is 4.90 Å². The average molecular weight is 429 g/mol. The molecule has 2 aromatic rings. The summed E-state index contributed by atoms with van der Waals surface area (Å²) in [4.78, 5) is 19.2. The Bertz CT molecular complexity index is 1010. The van der Waals surface area contributed by atoms with Crippen molar-refractivity contribution in [2.45, 2.75) is 32.4 Å². The third kappa shape index (κ3) is 2.77. The average Bonchev–Trinajstić information content (AvgIpc) is 2.74. The summed E-state index contributed by atoms with van der Waals surface area (Å²) in [5.41, 5.74) is 4.19. The minimum absolute atomic E-state index is 0.207. The second kappa shape index (κ2) is 6.27. The fourth-order valence-corrected chi connectivity index (χ4v) is 3.83. The molecule has 0 aromatic heterocycles. The van der Waals surface area contributed by atoms with E-state index in [0.29, 0.717) is 17.1 Å². The highest BCUT2D eigenvalue weighted by atomic mass is 79.9. The van der Waals surface area contributed by atoms with Gasteiger partial charge in [-0.15, -0.1) is 0 Å². The number of amidine groups is 1. The molecule has 5 nitrogen and oxygen atoms in total. The van der Waals surface area contributed by atoms with Crippen LogP contribution in [0.3, 0.4) is 0 Å². The molecule has 4 rings (SSSR count). The Morgan fingerprint density at radius 1 is 1.19 bits per heavy atom. The van der Waals surface area contributed by atoms with Crippen LogP contribution in [0.2, 0.25) is 0 Å². The molecule has 2 heterocycles. The number of hydrogen-bond donors (Lipinski definition) is 1. The Morgan fingerprint density at radius 3 is 2.67 bits per heavy atom. The lowest BCUT2D eigenvalue weighted by molar-refractivity contribution is -0.125. The zero-order valence-corrected chi connectivity index (χ0v) is 16.7. The van der Waals surface area contributed by atoms with Crippen molar-refractivity contribution < 1.29 is 9.18 Å². The van der Waals surface area contributed by atoms with E-state index < -0.39 is 5.54 Å². The van der Waals surface area contributed by atoms with Gasteiger partial charge >= 0.3 is 0 Å². The van der Waals surface area contributed by atoms with Crippen molar-refractivity contribution in [1.82, 2.24) is 5.43 Å². The van der Waals surface area contributed by atoms with Crippen LogP contribution in [0, 0.1) is 5.82 Å². The molecule has 27 heavy (non-hydrogen) atoms. The molecule has 1 amide bonds. The summed E-state index contributed by atoms with van der Waals surface area (Å²) in [6.45, 7) is 5.56. The van der Waals surface area contributed by atoms with Gasteiger partial charge in [-0.2, -0.15) is 5.10 Å². The molecule has 0 radical (unpaired) electrons. The maximum atomic E-state index is 14.6. The number of carbonyl (C=O) groups is 1. The Hall–Kier alpha value is -2.54. The van der Waals surface area contributed by atoms with Crippen LogP contribution in [0.1, 0.15) is 31.9 Å². The van der Waals surface area contributed by atoms with Crippen molar-refractivity contribution in [3.8, 4) is 0 Å². The number of benzene rings is 2. The number of fused-ring (bicyclic) bond motifs is 3. The lowest BCUT2D eigenvalue weighted by Gasteiger charge is -2.42. The highest BCUT2D eigenvalue weighted by molar-refractivity contribution is 9.10. The first-order chi connectivity index (χ1) is 12.8. The van der Waals surface area contributed by atoms with E-state index >= 15 is 0 Å². The molecule has 0 fully saturated rings. The zero-order chi connectivity index (χ0) is 19.3. The summed E-state index contributed by atoms with van der Waals surface area (Å²) < 4.78 is 15.5. The van der Waals surface area contributed by atoms with Gasteiger partial charge in [0.15, 0.2) is 5.84 Å². The Morgan fingerprint density at radius 2 is 1.93 bits per heavy atom. The number of aliphatic imine (C=N–C) groups is 1. The smallest absolute Gasteiger partial charge is 0.265 e. The van der Waals surface area contributed by atoms with Crippen LogP contribution in [0.15, 0.2) is 57.0 Å². The van der Waals surface area contributed by atoms with Crippen LogP contribution < -0.4 is 10.3 Å². The molecule has 0 saturated heterocycles. The molecular weight excluding hydrogens is 411 g/mol. The van der Waals surface area contributed by atoms with Gasteiger partial charge in [-0.3, -0.25) is 9.79 Å². The molecule has 1 N–H and O–H groups in total. The third-order valence-electron chi connectivity index (χ3n) is 4.90. The van der Waals surface area contributed by atoms with E-state index in [1.165, 1.54) is 6.07 Å². The second-order valence-electron chi connectivity index (χ2n) is 7.10. The van der Waals surface area contributed by atoms with Crippen molar-refractivity contribution in [1.29, 1.82) is 0 Å². The van der Waals surface area contributed by atoms with Crippen molar-refractivity contribution in [3.05, 3.63) is 63.9 Å². The first-order valence-electron chi connectivity index (χ1n) is 8.61. The van der Waals surface area contributed by atoms with Crippen molar-refractivity contribution >= 4 is 39.1 Å². The molecule has 1 unspecified atom stereocenters. The van der Waals surface area contributed by atoms with Crippen LogP contribution in [0.25, 0.3) is 0 Å². The Kier molecular flexibility index (Phi) is 4.14. The predicted molar refractivity (Wildman–Crippen MR) is 108 cm³/mol. The van der Waals surface area contributed by atoms with Crippen LogP contribution in [-0.4, -0.2) is 29.0 Å². The number of nitrogens with zero attached hydrogens (tertiary/aromatic N) is 3. The minimum Gasteiger partial charge on any atom is -0.311 e. The summed E-state index contributed by atoms with van der Waals surface area (Å²) in [6, 6.07) is 11.9. The quantitative estimate of drug-likeness (QED) is 0.749. The maximum absolute atomic E-state index is 14.6. The normalized spacial score (nSPS) is 20.7. The van der Waals surface area contributed by atoms with Gasteiger partial charge in [-0.25, -0.2) is 9.82 Å². The number of carbonyl (C=O) groups excluding carboxylic acids is 1. The number of rotatable bonds is 1. The largest absolute Gasteiger partial charge is 0.311 e. The summed E-state index contributed by atoms with van der Waals surface area (Å²) in [5, 5.41) is 4.27. The van der Waals surface area contributed by atoms with E-state index in [1.54, 1.807) is 18.2 Å². The molecule has 0 bridgehead atoms. The third-order valence-corrected chi connectivity index (χ3v) is 5.39. The number of hydrogen-bond acceptors (Lipinski definition) is 4. The van der Waals surface area contributed by atoms with E-state index in [9.17, 15) is 9.18 Å². The monoisotopic (exact) mass is 428 g/mol. The van der Waals surface area contributed by atoms with E-state index in [4.69, 9.17) is 4.99 Å². The summed E-state index contributed by atoms with van der Waals surface area (Å²) in [7, 11) is 0. The summed E-state index contributed by atoms with van der Waals surface area (Å²) >= 11 is 3.50. The fraction of sp³-hybridized carbons (Fsp3) is 0.250. The Balaban J connectivity index is 2.04. The van der Waals surface area contributed by atoms with Gasteiger partial charge in [-0.1, -0.05) is 28.1 Å². The number of halogens is 2. The van der Waals surface area contributed by atoms with E-state index in [-0.39, 0.29) is 17.8 Å². The first kappa shape index (κ1) is 17.9. The Labute approximate surface area is 165 Å². The van der Waals surface area contributed by atoms with Crippen molar-refractivity contribution in [3.63, 3.8) is 0 Å². The lowest BCUT2D eigenvalue weighted by atomic mass is 9.95. The van der Waals surface area contributed by atoms with E-state index in [0.717, 1.165) is 15.7 Å². The zero-order valence-electron chi connectivity index (χ0n) is 15.1. The van der Waals surface area contributed by atoms with Crippen LogP contribution >= 0.6 is 15.9 Å². The van der Waals surface area contributed by atoms with E-state index in [1.807, 2.05) is 43.9 Å².